The van der Waals surface area contributed by atoms with Crippen molar-refractivity contribution in [2.45, 2.75) is 19.4 Å². The number of aliphatic hydroxyl groups is 1. The van der Waals surface area contributed by atoms with Gasteiger partial charge < -0.3 is 14.6 Å². The van der Waals surface area contributed by atoms with Gasteiger partial charge in [0.1, 0.15) is 0 Å². The lowest BCUT2D eigenvalue weighted by molar-refractivity contribution is 0.179. The molecule has 0 bridgehead atoms. The van der Waals surface area contributed by atoms with Crippen LogP contribution in [0, 0.1) is 0 Å². The summed E-state index contributed by atoms with van der Waals surface area (Å²) in [5.74, 6) is 1.37. The van der Waals surface area contributed by atoms with E-state index in [1.165, 1.54) is 0 Å². The van der Waals surface area contributed by atoms with E-state index in [0.29, 0.717) is 24.5 Å². The van der Waals surface area contributed by atoms with Crippen LogP contribution in [0.2, 0.25) is 0 Å². The Labute approximate surface area is 102 Å². The molecule has 0 aromatic heterocycles. The van der Waals surface area contributed by atoms with E-state index in [4.69, 9.17) is 9.47 Å². The molecule has 0 aliphatic heterocycles. The number of methoxy groups -OCH3 is 2. The van der Waals surface area contributed by atoms with Crippen LogP contribution < -0.4 is 9.47 Å². The van der Waals surface area contributed by atoms with Gasteiger partial charge in [-0.05, 0) is 30.2 Å². The van der Waals surface area contributed by atoms with Crippen LogP contribution in [-0.2, 0) is 0 Å². The Kier molecular flexibility index (Phi) is 5.49. The van der Waals surface area contributed by atoms with Crippen molar-refractivity contribution in [1.29, 1.82) is 0 Å². The third-order valence-corrected chi connectivity index (χ3v) is 2.44. The molecule has 1 rings (SSSR count). The molecule has 94 valence electrons. The summed E-state index contributed by atoms with van der Waals surface area (Å²) in [7, 11) is 3.20. The van der Waals surface area contributed by atoms with Crippen LogP contribution in [0.1, 0.15) is 18.9 Å². The molecular formula is C13H19NO3. The number of rotatable bonds is 6. The summed E-state index contributed by atoms with van der Waals surface area (Å²) in [5, 5.41) is 9.36. The van der Waals surface area contributed by atoms with Gasteiger partial charge in [-0.1, -0.05) is 6.92 Å². The minimum absolute atomic E-state index is 0.369. The zero-order valence-electron chi connectivity index (χ0n) is 10.5. The third-order valence-electron chi connectivity index (χ3n) is 2.44. The number of ether oxygens (including phenoxy) is 2. The molecule has 0 spiro atoms. The SMILES string of the molecule is CCC(O)CN=Cc1ccc(OC)c(OC)c1. The molecule has 1 aromatic carbocycles. The van der Waals surface area contributed by atoms with Crippen molar-refractivity contribution in [1.82, 2.24) is 0 Å². The predicted molar refractivity (Wildman–Crippen MR) is 68.3 cm³/mol. The molecule has 1 aromatic rings. The van der Waals surface area contributed by atoms with Crippen molar-refractivity contribution in [3.05, 3.63) is 23.8 Å². The Balaban J connectivity index is 2.72. The number of aliphatic hydroxyl groups excluding tert-OH is 1. The lowest BCUT2D eigenvalue weighted by Crippen LogP contribution is -2.08. The summed E-state index contributed by atoms with van der Waals surface area (Å²) < 4.78 is 10.3. The molecule has 0 aliphatic carbocycles. The Morgan fingerprint density at radius 1 is 1.29 bits per heavy atom. The smallest absolute Gasteiger partial charge is 0.161 e. The zero-order chi connectivity index (χ0) is 12.7. The van der Waals surface area contributed by atoms with Gasteiger partial charge >= 0.3 is 0 Å². The second-order valence-electron chi connectivity index (χ2n) is 3.67. The summed E-state index contributed by atoms with van der Waals surface area (Å²) >= 11 is 0. The first-order chi connectivity index (χ1) is 8.21. The average Bonchev–Trinajstić information content (AvgIpc) is 2.38. The Morgan fingerprint density at radius 3 is 2.59 bits per heavy atom. The van der Waals surface area contributed by atoms with Gasteiger partial charge in [0.05, 0.1) is 26.9 Å². The van der Waals surface area contributed by atoms with E-state index in [2.05, 4.69) is 4.99 Å². The van der Waals surface area contributed by atoms with E-state index in [1.807, 2.05) is 25.1 Å². The van der Waals surface area contributed by atoms with Gasteiger partial charge in [-0.3, -0.25) is 4.99 Å². The average molecular weight is 237 g/mol. The standard InChI is InChI=1S/C13H19NO3/c1-4-11(15)9-14-8-10-5-6-12(16-2)13(7-10)17-3/h5-8,11,15H,4,9H2,1-3H3. The first-order valence-electron chi connectivity index (χ1n) is 5.61. The number of nitrogens with zero attached hydrogens (tertiary/aromatic N) is 1. The van der Waals surface area contributed by atoms with Crippen molar-refractivity contribution in [2.75, 3.05) is 20.8 Å². The lowest BCUT2D eigenvalue weighted by atomic mass is 10.2. The fourth-order valence-corrected chi connectivity index (χ4v) is 1.34. The van der Waals surface area contributed by atoms with Crippen LogP contribution >= 0.6 is 0 Å². The highest BCUT2D eigenvalue weighted by molar-refractivity contribution is 5.80. The second-order valence-corrected chi connectivity index (χ2v) is 3.67. The minimum Gasteiger partial charge on any atom is -0.493 e. The summed E-state index contributed by atoms with van der Waals surface area (Å²) in [5.41, 5.74) is 0.922. The predicted octanol–water partition coefficient (Wildman–Crippen LogP) is 1.89. The van der Waals surface area contributed by atoms with E-state index >= 15 is 0 Å². The molecular weight excluding hydrogens is 218 g/mol. The highest BCUT2D eigenvalue weighted by Crippen LogP contribution is 2.26. The minimum atomic E-state index is -0.369. The molecule has 1 atom stereocenters. The fourth-order valence-electron chi connectivity index (χ4n) is 1.34. The highest BCUT2D eigenvalue weighted by Gasteiger charge is 2.03. The maximum absolute atomic E-state index is 9.36. The van der Waals surface area contributed by atoms with Crippen molar-refractivity contribution in [3.8, 4) is 11.5 Å². The maximum Gasteiger partial charge on any atom is 0.161 e. The quantitative estimate of drug-likeness (QED) is 0.769. The van der Waals surface area contributed by atoms with Crippen LogP contribution in [0.15, 0.2) is 23.2 Å². The van der Waals surface area contributed by atoms with Gasteiger partial charge in [0.2, 0.25) is 0 Å². The molecule has 1 unspecified atom stereocenters. The summed E-state index contributed by atoms with van der Waals surface area (Å²) in [6.07, 6.45) is 2.07. The van der Waals surface area contributed by atoms with Crippen LogP contribution in [0.4, 0.5) is 0 Å². The monoisotopic (exact) mass is 237 g/mol. The van der Waals surface area contributed by atoms with Gasteiger partial charge in [0.15, 0.2) is 11.5 Å². The van der Waals surface area contributed by atoms with Crippen LogP contribution in [-0.4, -0.2) is 38.2 Å². The maximum atomic E-state index is 9.36. The topological polar surface area (TPSA) is 51.1 Å². The Hall–Kier alpha value is -1.55. The van der Waals surface area contributed by atoms with Gasteiger partial charge in [-0.25, -0.2) is 0 Å². The van der Waals surface area contributed by atoms with Gasteiger partial charge in [0.25, 0.3) is 0 Å². The third kappa shape index (κ3) is 4.07. The Bertz CT molecular complexity index is 377. The number of hydrogen-bond donors (Lipinski definition) is 1. The van der Waals surface area contributed by atoms with E-state index in [-0.39, 0.29) is 6.10 Å². The van der Waals surface area contributed by atoms with Gasteiger partial charge in [0, 0.05) is 6.21 Å². The van der Waals surface area contributed by atoms with E-state index < -0.39 is 0 Å². The second kappa shape index (κ2) is 6.91. The number of hydrogen-bond acceptors (Lipinski definition) is 4. The molecule has 0 fully saturated rings. The summed E-state index contributed by atoms with van der Waals surface area (Å²) in [4.78, 5) is 4.17. The zero-order valence-corrected chi connectivity index (χ0v) is 10.5. The van der Waals surface area contributed by atoms with Crippen molar-refractivity contribution < 1.29 is 14.6 Å². The lowest BCUT2D eigenvalue weighted by Gasteiger charge is -2.07. The fraction of sp³-hybridized carbons (Fsp3) is 0.462. The molecule has 0 amide bonds. The van der Waals surface area contributed by atoms with E-state index in [0.717, 1.165) is 5.56 Å². The summed E-state index contributed by atoms with van der Waals surface area (Å²) in [6.45, 7) is 2.35. The largest absolute Gasteiger partial charge is 0.493 e. The number of benzene rings is 1. The van der Waals surface area contributed by atoms with Crippen LogP contribution in [0.5, 0.6) is 11.5 Å². The van der Waals surface area contributed by atoms with E-state index in [9.17, 15) is 5.11 Å². The normalized spacial score (nSPS) is 12.7. The molecule has 4 heteroatoms. The molecule has 0 radical (unpaired) electrons. The first kappa shape index (κ1) is 13.5. The Morgan fingerprint density at radius 2 is 2.00 bits per heavy atom. The molecule has 17 heavy (non-hydrogen) atoms. The van der Waals surface area contributed by atoms with Crippen molar-refractivity contribution in [2.24, 2.45) is 4.99 Å². The molecule has 4 nitrogen and oxygen atoms in total. The van der Waals surface area contributed by atoms with Crippen LogP contribution in [0.3, 0.4) is 0 Å². The molecule has 0 heterocycles. The first-order valence-corrected chi connectivity index (χ1v) is 5.61. The van der Waals surface area contributed by atoms with Crippen molar-refractivity contribution in [3.63, 3.8) is 0 Å². The summed E-state index contributed by atoms with van der Waals surface area (Å²) in [6, 6.07) is 5.57. The highest BCUT2D eigenvalue weighted by atomic mass is 16.5. The molecule has 0 aliphatic rings. The van der Waals surface area contributed by atoms with Crippen molar-refractivity contribution >= 4 is 6.21 Å². The molecule has 0 saturated heterocycles. The van der Waals surface area contributed by atoms with Crippen LogP contribution in [0.25, 0.3) is 0 Å². The van der Waals surface area contributed by atoms with Gasteiger partial charge in [-0.15, -0.1) is 0 Å². The number of aliphatic imine (C=N–C) groups is 1. The van der Waals surface area contributed by atoms with Gasteiger partial charge in [-0.2, -0.15) is 0 Å². The molecule has 1 N–H and O–H groups in total. The molecule has 0 saturated carbocycles. The van der Waals surface area contributed by atoms with E-state index in [1.54, 1.807) is 20.4 Å².